The second-order valence-electron chi connectivity index (χ2n) is 5.45. The minimum absolute atomic E-state index is 0.125. The molecule has 1 amide bonds. The van der Waals surface area contributed by atoms with Gasteiger partial charge in [0.2, 0.25) is 0 Å². The van der Waals surface area contributed by atoms with Crippen molar-refractivity contribution in [1.82, 2.24) is 4.90 Å². The van der Waals surface area contributed by atoms with Gasteiger partial charge >= 0.3 is 0 Å². The zero-order chi connectivity index (χ0) is 14.7. The zero-order valence-electron chi connectivity index (χ0n) is 11.9. The fourth-order valence-electron chi connectivity index (χ4n) is 2.78. The number of hydrogen-bond donors (Lipinski definition) is 1. The van der Waals surface area contributed by atoms with Crippen molar-refractivity contribution in [3.05, 3.63) is 46.7 Å². The van der Waals surface area contributed by atoms with Crippen LogP contribution in [0.4, 0.5) is 0 Å². The fraction of sp³-hybridized carbons (Fsp3) is 0.353. The molecule has 2 heterocycles. The van der Waals surface area contributed by atoms with Crippen molar-refractivity contribution < 1.29 is 9.90 Å². The Morgan fingerprint density at radius 2 is 1.90 bits per heavy atom. The fourth-order valence-corrected chi connectivity index (χ4v) is 3.67. The summed E-state index contributed by atoms with van der Waals surface area (Å²) in [5.41, 5.74) is 2.11. The van der Waals surface area contributed by atoms with E-state index in [2.05, 4.69) is 0 Å². The number of hydrogen-bond acceptors (Lipinski definition) is 3. The second-order valence-corrected chi connectivity index (χ2v) is 6.36. The van der Waals surface area contributed by atoms with Gasteiger partial charge in [0.05, 0.1) is 4.88 Å². The Hall–Kier alpha value is -1.65. The highest BCUT2D eigenvalue weighted by Crippen LogP contribution is 2.30. The summed E-state index contributed by atoms with van der Waals surface area (Å²) in [6, 6.07) is 12.1. The van der Waals surface area contributed by atoms with Crippen molar-refractivity contribution >= 4 is 17.2 Å². The Morgan fingerprint density at radius 3 is 2.57 bits per heavy atom. The Balaban J connectivity index is 1.79. The van der Waals surface area contributed by atoms with Gasteiger partial charge in [-0.1, -0.05) is 30.3 Å². The van der Waals surface area contributed by atoms with Crippen molar-refractivity contribution in [2.24, 2.45) is 5.92 Å². The van der Waals surface area contributed by atoms with Gasteiger partial charge < -0.3 is 10.0 Å². The minimum atomic E-state index is 0.125. The van der Waals surface area contributed by atoms with Crippen LogP contribution in [-0.4, -0.2) is 35.6 Å². The van der Waals surface area contributed by atoms with E-state index in [0.717, 1.165) is 41.9 Å². The maximum Gasteiger partial charge on any atom is 0.264 e. The highest BCUT2D eigenvalue weighted by atomic mass is 32.1. The molecule has 0 radical (unpaired) electrons. The summed E-state index contributed by atoms with van der Waals surface area (Å²) in [7, 11) is 0. The highest BCUT2D eigenvalue weighted by Gasteiger charge is 2.25. The van der Waals surface area contributed by atoms with Gasteiger partial charge in [-0.25, -0.2) is 0 Å². The third-order valence-corrected chi connectivity index (χ3v) is 5.01. The third-order valence-electron chi connectivity index (χ3n) is 4.10. The number of carbonyl (C=O) groups is 1. The first-order chi connectivity index (χ1) is 10.3. The number of benzene rings is 1. The van der Waals surface area contributed by atoms with E-state index < -0.39 is 0 Å². The topological polar surface area (TPSA) is 40.5 Å². The molecule has 0 spiro atoms. The molecular weight excluding hydrogens is 282 g/mol. The Bertz CT molecular complexity index is 600. The van der Waals surface area contributed by atoms with E-state index >= 15 is 0 Å². The van der Waals surface area contributed by atoms with Gasteiger partial charge in [-0.2, -0.15) is 0 Å². The smallest absolute Gasteiger partial charge is 0.264 e. The molecule has 2 aromatic rings. The summed E-state index contributed by atoms with van der Waals surface area (Å²) in [6.07, 6.45) is 1.79. The lowest BCUT2D eigenvalue weighted by molar-refractivity contribution is 0.0656. The number of aliphatic hydroxyl groups is 1. The number of aliphatic hydroxyl groups excluding tert-OH is 1. The summed E-state index contributed by atoms with van der Waals surface area (Å²) in [5.74, 6) is 0.478. The van der Waals surface area contributed by atoms with Gasteiger partial charge in [-0.3, -0.25) is 4.79 Å². The van der Waals surface area contributed by atoms with Crippen molar-refractivity contribution in [1.29, 1.82) is 0 Å². The number of nitrogens with zero attached hydrogens (tertiary/aromatic N) is 1. The molecule has 1 N–H and O–H groups in total. The molecule has 3 nitrogen and oxygen atoms in total. The molecule has 3 rings (SSSR count). The number of thiophene rings is 1. The summed E-state index contributed by atoms with van der Waals surface area (Å²) >= 11 is 1.51. The number of piperidine rings is 1. The van der Waals surface area contributed by atoms with Crippen molar-refractivity contribution in [2.45, 2.75) is 12.8 Å². The Labute approximate surface area is 128 Å². The molecule has 1 aromatic carbocycles. The molecule has 0 atom stereocenters. The maximum absolute atomic E-state index is 12.7. The lowest BCUT2D eigenvalue weighted by atomic mass is 9.97. The standard InChI is InChI=1S/C17H19NO2S/c19-12-13-6-9-18(10-7-13)17(20)16-15(8-11-21-16)14-4-2-1-3-5-14/h1-5,8,11,13,19H,6-7,9-10,12H2. The van der Waals surface area contributed by atoms with Crippen LogP contribution in [0.15, 0.2) is 41.8 Å². The van der Waals surface area contributed by atoms with E-state index in [0.29, 0.717) is 5.92 Å². The average Bonchev–Trinajstić information content (AvgIpc) is 3.04. The molecular formula is C17H19NO2S. The van der Waals surface area contributed by atoms with Crippen LogP contribution in [0, 0.1) is 5.92 Å². The van der Waals surface area contributed by atoms with Crippen LogP contribution in [0.2, 0.25) is 0 Å². The Morgan fingerprint density at radius 1 is 1.19 bits per heavy atom. The van der Waals surface area contributed by atoms with E-state index in [9.17, 15) is 9.90 Å². The molecule has 110 valence electrons. The molecule has 1 aliphatic heterocycles. The SMILES string of the molecule is O=C(c1sccc1-c1ccccc1)N1CCC(CO)CC1. The molecule has 1 aliphatic rings. The van der Waals surface area contributed by atoms with Crippen molar-refractivity contribution in [2.75, 3.05) is 19.7 Å². The molecule has 0 unspecified atom stereocenters. The number of carbonyl (C=O) groups excluding carboxylic acids is 1. The lowest BCUT2D eigenvalue weighted by Crippen LogP contribution is -2.39. The van der Waals surface area contributed by atoms with Crippen LogP contribution in [0.1, 0.15) is 22.5 Å². The van der Waals surface area contributed by atoms with Gasteiger partial charge in [0.25, 0.3) is 5.91 Å². The van der Waals surface area contributed by atoms with Gasteiger partial charge in [0.1, 0.15) is 0 Å². The maximum atomic E-state index is 12.7. The van der Waals surface area contributed by atoms with Crippen LogP contribution >= 0.6 is 11.3 Å². The summed E-state index contributed by atoms with van der Waals surface area (Å²) in [5, 5.41) is 11.2. The zero-order valence-corrected chi connectivity index (χ0v) is 12.7. The van der Waals surface area contributed by atoms with Gasteiger partial charge in [0, 0.05) is 25.3 Å². The highest BCUT2D eigenvalue weighted by molar-refractivity contribution is 7.12. The predicted octanol–water partition coefficient (Wildman–Crippen LogP) is 3.26. The number of likely N-dealkylation sites (tertiary alicyclic amines) is 1. The van der Waals surface area contributed by atoms with Crippen LogP contribution in [0.3, 0.4) is 0 Å². The first-order valence-corrected chi connectivity index (χ1v) is 8.20. The number of amides is 1. The van der Waals surface area contributed by atoms with Gasteiger partial charge in [-0.15, -0.1) is 11.3 Å². The normalized spacial score (nSPS) is 16.1. The first kappa shape index (κ1) is 14.3. The molecule has 21 heavy (non-hydrogen) atoms. The predicted molar refractivity (Wildman–Crippen MR) is 85.5 cm³/mol. The second kappa shape index (κ2) is 6.41. The third kappa shape index (κ3) is 3.01. The number of rotatable bonds is 3. The van der Waals surface area contributed by atoms with E-state index in [4.69, 9.17) is 0 Å². The molecule has 0 saturated carbocycles. The monoisotopic (exact) mass is 301 g/mol. The van der Waals surface area contributed by atoms with Crippen LogP contribution in [0.25, 0.3) is 11.1 Å². The van der Waals surface area contributed by atoms with Crippen LogP contribution in [0.5, 0.6) is 0 Å². The van der Waals surface area contributed by atoms with E-state index in [1.165, 1.54) is 11.3 Å². The molecule has 0 aliphatic carbocycles. The van der Waals surface area contributed by atoms with E-state index in [-0.39, 0.29) is 12.5 Å². The quantitative estimate of drug-likeness (QED) is 0.945. The summed E-state index contributed by atoms with van der Waals surface area (Å²) in [4.78, 5) is 15.5. The van der Waals surface area contributed by atoms with Gasteiger partial charge in [-0.05, 0) is 35.8 Å². The molecule has 1 fully saturated rings. The largest absolute Gasteiger partial charge is 0.396 e. The average molecular weight is 301 g/mol. The van der Waals surface area contributed by atoms with Crippen molar-refractivity contribution in [3.8, 4) is 11.1 Å². The lowest BCUT2D eigenvalue weighted by Gasteiger charge is -2.31. The molecule has 1 saturated heterocycles. The van der Waals surface area contributed by atoms with E-state index in [1.54, 1.807) is 0 Å². The Kier molecular flexibility index (Phi) is 4.36. The van der Waals surface area contributed by atoms with Crippen LogP contribution < -0.4 is 0 Å². The van der Waals surface area contributed by atoms with Crippen LogP contribution in [-0.2, 0) is 0 Å². The molecule has 1 aromatic heterocycles. The van der Waals surface area contributed by atoms with E-state index in [1.807, 2.05) is 46.7 Å². The first-order valence-electron chi connectivity index (χ1n) is 7.32. The summed E-state index contributed by atoms with van der Waals surface area (Å²) in [6.45, 7) is 1.72. The van der Waals surface area contributed by atoms with Gasteiger partial charge in [0.15, 0.2) is 0 Å². The van der Waals surface area contributed by atoms with Crippen molar-refractivity contribution in [3.63, 3.8) is 0 Å². The minimum Gasteiger partial charge on any atom is -0.396 e. The molecule has 0 bridgehead atoms. The summed E-state index contributed by atoms with van der Waals surface area (Å²) < 4.78 is 0. The molecule has 4 heteroatoms.